The minimum Gasteiger partial charge on any atom is -0.434 e. The van der Waals surface area contributed by atoms with Gasteiger partial charge in [0, 0.05) is 16.6 Å². The molecule has 0 saturated carbocycles. The van der Waals surface area contributed by atoms with Gasteiger partial charge in [-0.05, 0) is 36.8 Å². The zero-order chi connectivity index (χ0) is 16.1. The lowest BCUT2D eigenvalue weighted by Crippen LogP contribution is -2.08. The van der Waals surface area contributed by atoms with Crippen LogP contribution in [0.1, 0.15) is 16.8 Å². The molecule has 22 heavy (non-hydrogen) atoms. The molecule has 0 aliphatic carbocycles. The molecular weight excluding hydrogens is 356 g/mol. The van der Waals surface area contributed by atoms with Crippen molar-refractivity contribution in [3.8, 4) is 11.8 Å². The van der Waals surface area contributed by atoms with E-state index in [9.17, 15) is 8.78 Å². The van der Waals surface area contributed by atoms with Crippen molar-refractivity contribution in [3.63, 3.8) is 0 Å². The molecule has 2 rings (SSSR count). The second-order valence-corrected chi connectivity index (χ2v) is 5.37. The quantitative estimate of drug-likeness (QED) is 0.858. The van der Waals surface area contributed by atoms with Gasteiger partial charge < -0.3 is 10.1 Å². The highest BCUT2D eigenvalue weighted by atomic mass is 79.9. The Morgan fingerprint density at radius 3 is 2.82 bits per heavy atom. The van der Waals surface area contributed by atoms with E-state index in [0.717, 1.165) is 10.0 Å². The van der Waals surface area contributed by atoms with E-state index in [1.54, 1.807) is 31.2 Å². The Morgan fingerprint density at radius 2 is 2.14 bits per heavy atom. The van der Waals surface area contributed by atoms with Crippen LogP contribution in [0.25, 0.3) is 0 Å². The van der Waals surface area contributed by atoms with Crippen LogP contribution < -0.4 is 10.1 Å². The Hall–Kier alpha value is -2.20. The number of nitrogens with zero attached hydrogens (tertiary/aromatic N) is 2. The van der Waals surface area contributed by atoms with E-state index in [1.807, 2.05) is 6.07 Å². The summed E-state index contributed by atoms with van der Waals surface area (Å²) in [5.41, 5.74) is 1.65. The Morgan fingerprint density at radius 1 is 1.36 bits per heavy atom. The van der Waals surface area contributed by atoms with Gasteiger partial charge in [0.25, 0.3) is 0 Å². The van der Waals surface area contributed by atoms with Gasteiger partial charge in [0.15, 0.2) is 0 Å². The maximum absolute atomic E-state index is 12.4. The number of anilines is 1. The number of aryl methyl sites for hydroxylation is 1. The number of pyridine rings is 1. The molecule has 0 amide bonds. The largest absolute Gasteiger partial charge is 0.434 e. The fourth-order valence-corrected chi connectivity index (χ4v) is 2.23. The van der Waals surface area contributed by atoms with Gasteiger partial charge in [-0.2, -0.15) is 14.0 Å². The van der Waals surface area contributed by atoms with Crippen LogP contribution in [0.2, 0.25) is 0 Å². The van der Waals surface area contributed by atoms with Crippen LogP contribution in [0.5, 0.6) is 5.75 Å². The van der Waals surface area contributed by atoms with E-state index < -0.39 is 6.61 Å². The van der Waals surface area contributed by atoms with Crippen LogP contribution in [0.3, 0.4) is 0 Å². The first kappa shape index (κ1) is 16.2. The van der Waals surface area contributed by atoms with Gasteiger partial charge in [-0.1, -0.05) is 22.0 Å². The number of benzene rings is 1. The van der Waals surface area contributed by atoms with Crippen LogP contribution >= 0.6 is 15.9 Å². The summed E-state index contributed by atoms with van der Waals surface area (Å²) in [6.07, 6.45) is 0. The lowest BCUT2D eigenvalue weighted by atomic mass is 10.2. The third-order valence-electron chi connectivity index (χ3n) is 2.90. The van der Waals surface area contributed by atoms with E-state index in [2.05, 4.69) is 31.0 Å². The number of hydrogen-bond donors (Lipinski definition) is 1. The van der Waals surface area contributed by atoms with Gasteiger partial charge >= 0.3 is 6.61 Å². The highest BCUT2D eigenvalue weighted by Gasteiger charge is 2.10. The van der Waals surface area contributed by atoms with Gasteiger partial charge in [-0.25, -0.2) is 4.98 Å². The van der Waals surface area contributed by atoms with Crippen LogP contribution in [0.4, 0.5) is 14.6 Å². The van der Waals surface area contributed by atoms with Crippen molar-refractivity contribution >= 4 is 21.7 Å². The van der Waals surface area contributed by atoms with Gasteiger partial charge in [-0.15, -0.1) is 0 Å². The Kier molecular flexibility index (Phi) is 5.28. The molecule has 0 aliphatic heterocycles. The van der Waals surface area contributed by atoms with E-state index in [4.69, 9.17) is 5.26 Å². The average Bonchev–Trinajstić information content (AvgIpc) is 2.48. The molecule has 0 spiro atoms. The highest BCUT2D eigenvalue weighted by molar-refractivity contribution is 9.10. The maximum atomic E-state index is 12.4. The molecule has 1 N–H and O–H groups in total. The molecule has 0 aliphatic rings. The summed E-state index contributed by atoms with van der Waals surface area (Å²) in [7, 11) is 0. The van der Waals surface area contributed by atoms with E-state index in [1.165, 1.54) is 6.07 Å². The predicted octanol–water partition coefficient (Wildman–Crippen LogP) is 4.24. The molecule has 0 bridgehead atoms. The normalized spacial score (nSPS) is 10.4. The van der Waals surface area contributed by atoms with Crippen LogP contribution in [-0.2, 0) is 6.54 Å². The Bertz CT molecular complexity index is 716. The lowest BCUT2D eigenvalue weighted by molar-refractivity contribution is -0.0504. The topological polar surface area (TPSA) is 57.9 Å². The van der Waals surface area contributed by atoms with E-state index in [-0.39, 0.29) is 12.3 Å². The number of nitrogens with one attached hydrogen (secondary N) is 1. The van der Waals surface area contributed by atoms with Gasteiger partial charge in [0.1, 0.15) is 23.3 Å². The molecule has 0 radical (unpaired) electrons. The molecule has 114 valence electrons. The Balaban J connectivity index is 2.17. The number of hydrogen-bond acceptors (Lipinski definition) is 4. The zero-order valence-electron chi connectivity index (χ0n) is 11.6. The second kappa shape index (κ2) is 7.18. The van der Waals surface area contributed by atoms with Crippen LogP contribution in [0.15, 0.2) is 34.8 Å². The first-order valence-corrected chi connectivity index (χ1v) is 7.13. The van der Waals surface area contributed by atoms with Crippen molar-refractivity contribution in [2.75, 3.05) is 5.32 Å². The molecule has 2 aromatic rings. The summed E-state index contributed by atoms with van der Waals surface area (Å²) in [4.78, 5) is 4.15. The summed E-state index contributed by atoms with van der Waals surface area (Å²) in [5.74, 6) is 0.587. The molecule has 4 nitrogen and oxygen atoms in total. The molecule has 1 aromatic carbocycles. The third-order valence-corrected chi connectivity index (χ3v) is 3.39. The number of aromatic nitrogens is 1. The molecular formula is C15H12BrF2N3O. The molecule has 1 heterocycles. The molecule has 0 fully saturated rings. The van der Waals surface area contributed by atoms with Crippen molar-refractivity contribution in [2.24, 2.45) is 0 Å². The number of nitriles is 1. The van der Waals surface area contributed by atoms with E-state index in [0.29, 0.717) is 17.1 Å². The SMILES string of the molecule is Cc1ccc(NCc2cc(Br)ccc2OC(F)F)nc1C#N. The monoisotopic (exact) mass is 367 g/mol. The van der Waals surface area contributed by atoms with Crippen molar-refractivity contribution in [2.45, 2.75) is 20.1 Å². The first-order valence-electron chi connectivity index (χ1n) is 6.34. The highest BCUT2D eigenvalue weighted by Crippen LogP contribution is 2.25. The van der Waals surface area contributed by atoms with Gasteiger partial charge in [-0.3, -0.25) is 0 Å². The lowest BCUT2D eigenvalue weighted by Gasteiger charge is -2.12. The number of halogens is 3. The van der Waals surface area contributed by atoms with Crippen molar-refractivity contribution in [1.29, 1.82) is 5.26 Å². The summed E-state index contributed by atoms with van der Waals surface area (Å²) in [6, 6.07) is 10.3. The van der Waals surface area contributed by atoms with Crippen molar-refractivity contribution < 1.29 is 13.5 Å². The average molecular weight is 368 g/mol. The van der Waals surface area contributed by atoms with Gasteiger partial charge in [0.05, 0.1) is 0 Å². The van der Waals surface area contributed by atoms with E-state index >= 15 is 0 Å². The molecule has 0 atom stereocenters. The number of ether oxygens (including phenoxy) is 1. The third kappa shape index (κ3) is 4.15. The summed E-state index contributed by atoms with van der Waals surface area (Å²) < 4.78 is 30.0. The minimum atomic E-state index is -2.89. The van der Waals surface area contributed by atoms with Crippen LogP contribution in [-0.4, -0.2) is 11.6 Å². The van der Waals surface area contributed by atoms with Gasteiger partial charge in [0.2, 0.25) is 0 Å². The maximum Gasteiger partial charge on any atom is 0.387 e. The fraction of sp³-hybridized carbons (Fsp3) is 0.200. The van der Waals surface area contributed by atoms with Crippen LogP contribution in [0, 0.1) is 18.3 Å². The molecule has 0 saturated heterocycles. The fourth-order valence-electron chi connectivity index (χ4n) is 1.82. The van der Waals surface area contributed by atoms with Crippen molar-refractivity contribution in [3.05, 3.63) is 51.6 Å². The minimum absolute atomic E-state index is 0.0957. The first-order chi connectivity index (χ1) is 10.5. The zero-order valence-corrected chi connectivity index (χ0v) is 13.2. The summed E-state index contributed by atoms with van der Waals surface area (Å²) >= 11 is 3.29. The number of rotatable bonds is 5. The summed E-state index contributed by atoms with van der Waals surface area (Å²) in [5, 5.41) is 12.0. The molecule has 7 heteroatoms. The number of alkyl halides is 2. The summed E-state index contributed by atoms with van der Waals surface area (Å²) in [6.45, 7) is -0.858. The smallest absolute Gasteiger partial charge is 0.387 e. The molecule has 1 aromatic heterocycles. The van der Waals surface area contributed by atoms with Crippen molar-refractivity contribution in [1.82, 2.24) is 4.98 Å². The standard InChI is InChI=1S/C15H12BrF2N3O/c1-9-2-5-14(21-12(9)7-19)20-8-10-6-11(16)3-4-13(10)22-15(17)18/h2-6,15H,8H2,1H3,(H,20,21). The second-order valence-electron chi connectivity index (χ2n) is 4.46. The molecule has 0 unspecified atom stereocenters. The Labute approximate surface area is 134 Å². The predicted molar refractivity (Wildman–Crippen MR) is 81.8 cm³/mol.